The van der Waals surface area contributed by atoms with Crippen molar-refractivity contribution >= 4 is 67.2 Å². The summed E-state index contributed by atoms with van der Waals surface area (Å²) in [4.78, 5) is 61.4. The Balaban J connectivity index is 1.10. The number of nitrogens with zero attached hydrogens (tertiary/aromatic N) is 4. The lowest BCUT2D eigenvalue weighted by atomic mass is 9.89. The molecular formula is C34H37Br2N7O5. The van der Waals surface area contributed by atoms with Crippen molar-refractivity contribution in [1.82, 2.24) is 25.0 Å². The van der Waals surface area contributed by atoms with Gasteiger partial charge in [0.25, 0.3) is 0 Å². The molecule has 5 amide bonds. The number of nitrogen functional groups attached to an aromatic ring is 1. The second-order valence-electron chi connectivity index (χ2n) is 12.5. The van der Waals surface area contributed by atoms with E-state index in [1.807, 2.05) is 29.2 Å². The van der Waals surface area contributed by atoms with E-state index >= 15 is 0 Å². The van der Waals surface area contributed by atoms with Crippen molar-refractivity contribution in [1.29, 1.82) is 0 Å². The van der Waals surface area contributed by atoms with Crippen LogP contribution in [-0.2, 0) is 17.8 Å². The quantitative estimate of drug-likeness (QED) is 0.233. The van der Waals surface area contributed by atoms with Gasteiger partial charge in [-0.25, -0.2) is 14.4 Å². The number of pyridine rings is 1. The molecule has 2 aromatic carbocycles. The Bertz CT molecular complexity index is 1690. The molecule has 48 heavy (non-hydrogen) atoms. The van der Waals surface area contributed by atoms with Crippen LogP contribution in [0, 0.1) is 0 Å². The number of halogens is 2. The fraction of sp³-hybridized carbons (Fsp3) is 0.382. The van der Waals surface area contributed by atoms with Gasteiger partial charge in [0.1, 0.15) is 6.04 Å². The van der Waals surface area contributed by atoms with E-state index in [9.17, 15) is 24.3 Å². The van der Waals surface area contributed by atoms with Crippen LogP contribution in [0.4, 0.5) is 21.0 Å². The maximum absolute atomic E-state index is 14.0. The minimum Gasteiger partial charge on any atom is -0.478 e. The van der Waals surface area contributed by atoms with Crippen LogP contribution in [0.25, 0.3) is 0 Å². The van der Waals surface area contributed by atoms with E-state index in [-0.39, 0.29) is 29.6 Å². The van der Waals surface area contributed by atoms with Gasteiger partial charge in [-0.15, -0.1) is 0 Å². The Morgan fingerprint density at radius 3 is 2.25 bits per heavy atom. The molecule has 0 radical (unpaired) electrons. The van der Waals surface area contributed by atoms with Crippen molar-refractivity contribution in [3.05, 3.63) is 86.1 Å². The summed E-state index contributed by atoms with van der Waals surface area (Å²) in [5, 5.41) is 15.2. The Kier molecular flexibility index (Phi) is 10.2. The molecule has 12 nitrogen and oxygen atoms in total. The number of amides is 5. The monoisotopic (exact) mass is 781 g/mol. The number of hydrogen-bond donors (Lipinski definition) is 4. The summed E-state index contributed by atoms with van der Waals surface area (Å²) in [6.45, 7) is 2.39. The summed E-state index contributed by atoms with van der Waals surface area (Å²) in [6.07, 6.45) is 6.69. The van der Waals surface area contributed by atoms with Crippen molar-refractivity contribution in [2.75, 3.05) is 37.2 Å². The van der Waals surface area contributed by atoms with Gasteiger partial charge in [0.15, 0.2) is 0 Å². The third-order valence-electron chi connectivity index (χ3n) is 9.55. The van der Waals surface area contributed by atoms with Crippen LogP contribution in [0.2, 0.25) is 0 Å². The fourth-order valence-corrected chi connectivity index (χ4v) is 8.08. The molecule has 0 aliphatic carbocycles. The summed E-state index contributed by atoms with van der Waals surface area (Å²) in [7, 11) is 0. The first-order valence-electron chi connectivity index (χ1n) is 16.0. The molecule has 1 aromatic heterocycles. The molecule has 0 spiro atoms. The van der Waals surface area contributed by atoms with Crippen LogP contribution in [0.15, 0.2) is 63.8 Å². The van der Waals surface area contributed by atoms with Crippen LogP contribution >= 0.6 is 31.9 Å². The van der Waals surface area contributed by atoms with E-state index in [0.717, 1.165) is 24.0 Å². The number of anilines is 2. The highest BCUT2D eigenvalue weighted by molar-refractivity contribution is 9.11. The zero-order valence-corrected chi connectivity index (χ0v) is 29.4. The lowest BCUT2D eigenvalue weighted by Gasteiger charge is -2.41. The largest absolute Gasteiger partial charge is 0.478 e. The van der Waals surface area contributed by atoms with Gasteiger partial charge in [0, 0.05) is 72.2 Å². The number of aromatic nitrogens is 1. The first-order chi connectivity index (χ1) is 23.1. The summed E-state index contributed by atoms with van der Waals surface area (Å²) < 4.78 is 1.41. The van der Waals surface area contributed by atoms with Crippen LogP contribution in [-0.4, -0.2) is 87.0 Å². The number of carbonyl (C=O) groups is 4. The molecule has 2 fully saturated rings. The van der Waals surface area contributed by atoms with E-state index in [2.05, 4.69) is 47.5 Å². The Morgan fingerprint density at radius 2 is 1.60 bits per heavy atom. The van der Waals surface area contributed by atoms with Crippen molar-refractivity contribution < 1.29 is 24.3 Å². The Labute approximate surface area is 295 Å². The highest BCUT2D eigenvalue weighted by Crippen LogP contribution is 2.32. The smallest absolute Gasteiger partial charge is 0.335 e. The number of carboxylic acid groups (broad SMARTS) is 1. The second kappa shape index (κ2) is 14.5. The highest BCUT2D eigenvalue weighted by atomic mass is 79.9. The number of carbonyl (C=O) groups excluding carboxylic acids is 3. The topological polar surface area (TPSA) is 161 Å². The van der Waals surface area contributed by atoms with Crippen molar-refractivity contribution in [2.45, 2.75) is 56.7 Å². The number of carboxylic acids is 1. The standard InChI is InChI=1S/C34H37Br2N7O5/c35-26-15-20(16-27(36)30(26)37)17-29(31(44)41-11-5-22(6-12-41)21-3-9-38-10-4-21)40-33(47)42-13-7-25(8-14-42)43-19-24-2-1-23(32(45)46)18-28(24)39-34(43)48/h1-4,9-10,15-16,18,22,25,29H,5-8,11-14,17,19,37H2,(H,39,48)(H,40,47)(H,45,46)/t29-/m1/s1. The fourth-order valence-electron chi connectivity index (χ4n) is 6.80. The third kappa shape index (κ3) is 7.44. The molecule has 5 N–H and O–H groups in total. The maximum Gasteiger partial charge on any atom is 0.335 e. The number of benzene rings is 2. The maximum atomic E-state index is 14.0. The minimum atomic E-state index is -1.05. The van der Waals surface area contributed by atoms with Crippen LogP contribution in [0.1, 0.15) is 58.6 Å². The van der Waals surface area contributed by atoms with Gasteiger partial charge in [-0.1, -0.05) is 6.07 Å². The van der Waals surface area contributed by atoms with Gasteiger partial charge < -0.3 is 36.2 Å². The minimum absolute atomic E-state index is 0.0926. The van der Waals surface area contributed by atoms with Crippen molar-refractivity contribution in [3.8, 4) is 0 Å². The predicted octanol–water partition coefficient (Wildman–Crippen LogP) is 5.43. The summed E-state index contributed by atoms with van der Waals surface area (Å²) >= 11 is 6.99. The zero-order chi connectivity index (χ0) is 33.9. The molecule has 2 saturated heterocycles. The van der Waals surface area contributed by atoms with E-state index < -0.39 is 12.0 Å². The Hall–Kier alpha value is -4.17. The average molecular weight is 784 g/mol. The normalized spacial score (nSPS) is 17.8. The Morgan fingerprint density at radius 1 is 0.958 bits per heavy atom. The number of urea groups is 2. The molecule has 3 aliphatic rings. The number of nitrogens with two attached hydrogens (primary N) is 1. The molecule has 3 aromatic rings. The van der Waals surface area contributed by atoms with Crippen molar-refractivity contribution in [3.63, 3.8) is 0 Å². The SMILES string of the molecule is Nc1c(Br)cc(C[C@@H](NC(=O)N2CCC(N3Cc4ccc(C(=O)O)cc4NC3=O)CC2)C(=O)N2CCC(c3ccncc3)CC2)cc1Br. The number of rotatable bonds is 7. The number of nitrogens with one attached hydrogen (secondary N) is 2. The van der Waals surface area contributed by atoms with Crippen LogP contribution < -0.4 is 16.4 Å². The number of piperidine rings is 2. The average Bonchev–Trinajstić information content (AvgIpc) is 3.10. The molecule has 252 valence electrons. The lowest BCUT2D eigenvalue weighted by molar-refractivity contribution is -0.134. The number of aromatic carboxylic acids is 1. The number of fused-ring (bicyclic) bond motifs is 1. The van der Waals surface area contributed by atoms with Gasteiger partial charge in [0.2, 0.25) is 5.91 Å². The van der Waals surface area contributed by atoms with Gasteiger partial charge in [-0.3, -0.25) is 9.78 Å². The molecule has 0 unspecified atom stereocenters. The summed E-state index contributed by atoms with van der Waals surface area (Å²) in [6, 6.07) is 11.1. The van der Waals surface area contributed by atoms with E-state index in [0.29, 0.717) is 78.2 Å². The summed E-state index contributed by atoms with van der Waals surface area (Å²) in [5.74, 6) is -0.817. The molecule has 6 rings (SSSR count). The molecule has 1 atom stereocenters. The van der Waals surface area contributed by atoms with Crippen LogP contribution in [0.3, 0.4) is 0 Å². The predicted molar refractivity (Wildman–Crippen MR) is 188 cm³/mol. The van der Waals surface area contributed by atoms with Gasteiger partial charge in [0.05, 0.1) is 11.3 Å². The van der Waals surface area contributed by atoms with Gasteiger partial charge >= 0.3 is 18.0 Å². The first kappa shape index (κ1) is 33.7. The zero-order valence-electron chi connectivity index (χ0n) is 26.2. The second-order valence-corrected chi connectivity index (χ2v) is 14.2. The molecule has 4 heterocycles. The third-order valence-corrected chi connectivity index (χ3v) is 10.9. The summed E-state index contributed by atoms with van der Waals surface area (Å²) in [5.41, 5.74) is 10.2. The molecular weight excluding hydrogens is 746 g/mol. The van der Waals surface area contributed by atoms with E-state index in [1.54, 1.807) is 28.3 Å². The van der Waals surface area contributed by atoms with Gasteiger partial charge in [-0.05, 0) is 117 Å². The van der Waals surface area contributed by atoms with E-state index in [4.69, 9.17) is 5.73 Å². The molecule has 0 bridgehead atoms. The lowest BCUT2D eigenvalue weighted by Crippen LogP contribution is -2.57. The number of likely N-dealkylation sites (tertiary alicyclic amines) is 2. The molecule has 14 heteroatoms. The molecule has 3 aliphatic heterocycles. The van der Waals surface area contributed by atoms with Crippen LogP contribution in [0.5, 0.6) is 0 Å². The first-order valence-corrected chi connectivity index (χ1v) is 17.6. The molecule has 0 saturated carbocycles. The van der Waals surface area contributed by atoms with Crippen molar-refractivity contribution in [2.24, 2.45) is 0 Å². The van der Waals surface area contributed by atoms with E-state index in [1.165, 1.54) is 17.7 Å². The number of hydrogen-bond acceptors (Lipinski definition) is 6. The highest BCUT2D eigenvalue weighted by Gasteiger charge is 2.35. The van der Waals surface area contributed by atoms with Gasteiger partial charge in [-0.2, -0.15) is 0 Å².